The monoisotopic (exact) mass is 408 g/mol. The standard InChI is InChI=1S/C11H7Br2FN2O2S/c12-7-3-9(6-15-5-7)19(17,18)16-11-4-8(14)1-2-10(11)13/h1-6,16H. The van der Waals surface area contributed by atoms with E-state index in [-0.39, 0.29) is 10.6 Å². The zero-order valence-corrected chi connectivity index (χ0v) is 13.3. The Kier molecular flexibility index (Phi) is 4.22. The zero-order valence-electron chi connectivity index (χ0n) is 9.27. The lowest BCUT2D eigenvalue weighted by Gasteiger charge is -2.09. The van der Waals surface area contributed by atoms with Gasteiger partial charge in [-0.05, 0) is 56.1 Å². The summed E-state index contributed by atoms with van der Waals surface area (Å²) in [6.07, 6.45) is 2.68. The van der Waals surface area contributed by atoms with Gasteiger partial charge >= 0.3 is 0 Å². The van der Waals surface area contributed by atoms with Crippen molar-refractivity contribution >= 4 is 47.6 Å². The smallest absolute Gasteiger partial charge is 0.263 e. The summed E-state index contributed by atoms with van der Waals surface area (Å²) in [6.45, 7) is 0. The number of aromatic nitrogens is 1. The number of rotatable bonds is 3. The molecule has 100 valence electrons. The highest BCUT2D eigenvalue weighted by molar-refractivity contribution is 9.10. The minimum atomic E-state index is -3.81. The molecule has 8 heteroatoms. The van der Waals surface area contributed by atoms with Crippen LogP contribution in [-0.4, -0.2) is 13.4 Å². The van der Waals surface area contributed by atoms with Crippen LogP contribution in [0.2, 0.25) is 0 Å². The minimum Gasteiger partial charge on any atom is -0.278 e. The van der Waals surface area contributed by atoms with E-state index in [2.05, 4.69) is 41.6 Å². The van der Waals surface area contributed by atoms with Gasteiger partial charge in [0, 0.05) is 21.3 Å². The molecule has 0 aliphatic rings. The molecule has 0 saturated heterocycles. The first kappa shape index (κ1) is 14.4. The number of sulfonamides is 1. The van der Waals surface area contributed by atoms with Gasteiger partial charge in [0.1, 0.15) is 10.7 Å². The van der Waals surface area contributed by atoms with E-state index in [0.717, 1.165) is 6.07 Å². The van der Waals surface area contributed by atoms with Crippen LogP contribution in [0.1, 0.15) is 0 Å². The fourth-order valence-corrected chi connectivity index (χ4v) is 3.37. The second kappa shape index (κ2) is 5.56. The Hall–Kier alpha value is -0.990. The largest absolute Gasteiger partial charge is 0.278 e. The molecule has 1 N–H and O–H groups in total. The summed E-state index contributed by atoms with van der Waals surface area (Å²) in [5.74, 6) is -0.534. The number of nitrogens with zero attached hydrogens (tertiary/aromatic N) is 1. The van der Waals surface area contributed by atoms with Gasteiger partial charge in [-0.25, -0.2) is 12.8 Å². The maximum atomic E-state index is 13.1. The van der Waals surface area contributed by atoms with Gasteiger partial charge in [0.15, 0.2) is 0 Å². The first-order valence-corrected chi connectivity index (χ1v) is 8.04. The topological polar surface area (TPSA) is 59.1 Å². The summed E-state index contributed by atoms with van der Waals surface area (Å²) in [5, 5.41) is 0. The fraction of sp³-hybridized carbons (Fsp3) is 0. The molecule has 2 rings (SSSR count). The highest BCUT2D eigenvalue weighted by atomic mass is 79.9. The Labute approximate surface area is 126 Å². The Morgan fingerprint density at radius 3 is 2.58 bits per heavy atom. The van der Waals surface area contributed by atoms with E-state index in [4.69, 9.17) is 0 Å². The molecular formula is C11H7Br2FN2O2S. The maximum absolute atomic E-state index is 13.1. The van der Waals surface area contributed by atoms with Crippen molar-refractivity contribution < 1.29 is 12.8 Å². The molecule has 0 spiro atoms. The molecule has 0 atom stereocenters. The summed E-state index contributed by atoms with van der Waals surface area (Å²) in [6, 6.07) is 5.14. The van der Waals surface area contributed by atoms with Crippen molar-refractivity contribution in [2.45, 2.75) is 4.90 Å². The fourth-order valence-electron chi connectivity index (χ4n) is 1.32. The Morgan fingerprint density at radius 2 is 1.89 bits per heavy atom. The van der Waals surface area contributed by atoms with Crippen molar-refractivity contribution in [2.75, 3.05) is 4.72 Å². The molecule has 0 fully saturated rings. The highest BCUT2D eigenvalue weighted by Gasteiger charge is 2.16. The van der Waals surface area contributed by atoms with Crippen LogP contribution in [0.15, 0.2) is 50.5 Å². The lowest BCUT2D eigenvalue weighted by Crippen LogP contribution is -2.13. The predicted molar refractivity (Wildman–Crippen MR) is 76.8 cm³/mol. The summed E-state index contributed by atoms with van der Waals surface area (Å²) in [7, 11) is -3.81. The molecule has 0 unspecified atom stereocenters. The summed E-state index contributed by atoms with van der Waals surface area (Å²) in [5.41, 5.74) is 0.125. The van der Waals surface area contributed by atoms with E-state index in [1.54, 1.807) is 0 Å². The van der Waals surface area contributed by atoms with E-state index < -0.39 is 15.8 Å². The van der Waals surface area contributed by atoms with Crippen LogP contribution >= 0.6 is 31.9 Å². The summed E-state index contributed by atoms with van der Waals surface area (Å²) < 4.78 is 40.6. The average molecular weight is 410 g/mol. The van der Waals surface area contributed by atoms with Crippen LogP contribution in [0.5, 0.6) is 0 Å². The van der Waals surface area contributed by atoms with E-state index >= 15 is 0 Å². The first-order chi connectivity index (χ1) is 8.88. The molecular weight excluding hydrogens is 403 g/mol. The molecule has 19 heavy (non-hydrogen) atoms. The number of halogens is 3. The average Bonchev–Trinajstić information content (AvgIpc) is 2.33. The molecule has 0 aliphatic heterocycles. The predicted octanol–water partition coefficient (Wildman–Crippen LogP) is 3.55. The molecule has 1 aromatic heterocycles. The zero-order chi connectivity index (χ0) is 14.0. The molecule has 2 aromatic rings. The highest BCUT2D eigenvalue weighted by Crippen LogP contribution is 2.26. The third-order valence-electron chi connectivity index (χ3n) is 2.16. The number of hydrogen-bond acceptors (Lipinski definition) is 3. The second-order valence-electron chi connectivity index (χ2n) is 3.57. The summed E-state index contributed by atoms with van der Waals surface area (Å²) in [4.78, 5) is 3.76. The van der Waals surface area contributed by atoms with Crippen molar-refractivity contribution in [3.8, 4) is 0 Å². The van der Waals surface area contributed by atoms with Crippen molar-refractivity contribution in [1.82, 2.24) is 4.98 Å². The van der Waals surface area contributed by atoms with Crippen LogP contribution in [0, 0.1) is 5.82 Å². The molecule has 0 saturated carbocycles. The van der Waals surface area contributed by atoms with Crippen LogP contribution in [-0.2, 0) is 10.0 Å². The minimum absolute atomic E-state index is 0.0157. The lowest BCUT2D eigenvalue weighted by atomic mass is 10.3. The molecule has 1 heterocycles. The van der Waals surface area contributed by atoms with Crippen LogP contribution in [0.3, 0.4) is 0 Å². The molecule has 0 bridgehead atoms. The van der Waals surface area contributed by atoms with E-state index in [1.807, 2.05) is 0 Å². The molecule has 0 amide bonds. The van der Waals surface area contributed by atoms with Crippen molar-refractivity contribution in [3.05, 3.63) is 51.4 Å². The second-order valence-corrected chi connectivity index (χ2v) is 7.02. The van der Waals surface area contributed by atoms with E-state index in [0.29, 0.717) is 8.95 Å². The number of hydrogen-bond donors (Lipinski definition) is 1. The molecule has 0 aliphatic carbocycles. The van der Waals surface area contributed by atoms with Crippen LogP contribution in [0.4, 0.5) is 10.1 Å². The van der Waals surface area contributed by atoms with Crippen molar-refractivity contribution in [1.29, 1.82) is 0 Å². The van der Waals surface area contributed by atoms with Gasteiger partial charge in [0.25, 0.3) is 10.0 Å². The Bertz CT molecular complexity index is 722. The maximum Gasteiger partial charge on any atom is 0.263 e. The molecule has 1 aromatic carbocycles. The Morgan fingerprint density at radius 1 is 1.16 bits per heavy atom. The normalized spacial score (nSPS) is 11.3. The Balaban J connectivity index is 2.39. The van der Waals surface area contributed by atoms with Gasteiger partial charge in [-0.3, -0.25) is 9.71 Å². The lowest BCUT2D eigenvalue weighted by molar-refractivity contribution is 0.600. The quantitative estimate of drug-likeness (QED) is 0.843. The number of anilines is 1. The molecule has 4 nitrogen and oxygen atoms in total. The van der Waals surface area contributed by atoms with Gasteiger partial charge in [0.05, 0.1) is 5.69 Å². The van der Waals surface area contributed by atoms with Crippen LogP contribution < -0.4 is 4.72 Å². The van der Waals surface area contributed by atoms with E-state index in [1.165, 1.54) is 30.6 Å². The third-order valence-corrected chi connectivity index (χ3v) is 4.62. The molecule has 0 radical (unpaired) electrons. The van der Waals surface area contributed by atoms with Crippen molar-refractivity contribution in [3.63, 3.8) is 0 Å². The van der Waals surface area contributed by atoms with Gasteiger partial charge in [-0.15, -0.1) is 0 Å². The van der Waals surface area contributed by atoms with Crippen LogP contribution in [0.25, 0.3) is 0 Å². The number of benzene rings is 1. The third kappa shape index (κ3) is 3.52. The van der Waals surface area contributed by atoms with Gasteiger partial charge in [-0.2, -0.15) is 0 Å². The van der Waals surface area contributed by atoms with Crippen molar-refractivity contribution in [2.24, 2.45) is 0 Å². The van der Waals surface area contributed by atoms with Gasteiger partial charge in [0.2, 0.25) is 0 Å². The number of nitrogens with one attached hydrogen (secondary N) is 1. The van der Waals surface area contributed by atoms with E-state index in [9.17, 15) is 12.8 Å². The number of pyridine rings is 1. The first-order valence-electron chi connectivity index (χ1n) is 4.97. The SMILES string of the molecule is O=S(=O)(Nc1cc(F)ccc1Br)c1cncc(Br)c1. The van der Waals surface area contributed by atoms with Gasteiger partial charge in [-0.1, -0.05) is 0 Å². The van der Waals surface area contributed by atoms with Gasteiger partial charge < -0.3 is 0 Å². The summed E-state index contributed by atoms with van der Waals surface area (Å²) >= 11 is 6.29.